The third-order valence-electron chi connectivity index (χ3n) is 4.21. The van der Waals surface area contributed by atoms with Crippen molar-refractivity contribution in [3.05, 3.63) is 58.5 Å². The van der Waals surface area contributed by atoms with Gasteiger partial charge in [-0.15, -0.1) is 0 Å². The number of aromatic nitrogens is 4. The summed E-state index contributed by atoms with van der Waals surface area (Å²) in [5.41, 5.74) is 3.37. The van der Waals surface area contributed by atoms with Crippen LogP contribution in [0.1, 0.15) is 21.7 Å². The quantitative estimate of drug-likeness (QED) is 0.570. The highest BCUT2D eigenvalue weighted by atomic mass is 35.5. The van der Waals surface area contributed by atoms with Crippen LogP contribution in [-0.2, 0) is 7.05 Å². The minimum Gasteiger partial charge on any atom is -0.303 e. The maximum absolute atomic E-state index is 12.9. The number of hydrogen-bond acceptors (Lipinski definition) is 4. The first-order chi connectivity index (χ1) is 12.4. The molecule has 1 amide bonds. The van der Waals surface area contributed by atoms with E-state index in [9.17, 15) is 4.79 Å². The van der Waals surface area contributed by atoms with Gasteiger partial charge in [0.25, 0.3) is 5.91 Å². The number of amides is 1. The number of aryl methyl sites for hydroxylation is 3. The van der Waals surface area contributed by atoms with Gasteiger partial charge in [-0.3, -0.25) is 14.8 Å². The first-order valence-corrected chi connectivity index (χ1v) is 9.18. The summed E-state index contributed by atoms with van der Waals surface area (Å²) in [5, 5.41) is 8.33. The van der Waals surface area contributed by atoms with E-state index < -0.39 is 0 Å². The molecule has 0 spiro atoms. The third-order valence-corrected chi connectivity index (χ3v) is 5.37. The number of thiazole rings is 1. The van der Waals surface area contributed by atoms with Crippen molar-refractivity contribution < 1.29 is 4.79 Å². The molecule has 0 radical (unpaired) electrons. The standard InChI is InChI=1S/C18H16ClN5OS/c1-10-4-5-11(2)24(10)17-13(9-20-23(17)3)16(25)22-18-21-14-7-6-12(19)8-15(14)26-18/h4-9H,1-3H3,(H,21,22,25). The van der Waals surface area contributed by atoms with Crippen molar-refractivity contribution in [2.75, 3.05) is 5.32 Å². The van der Waals surface area contributed by atoms with Crippen molar-refractivity contribution in [2.24, 2.45) is 7.05 Å². The summed E-state index contributed by atoms with van der Waals surface area (Å²) in [6.45, 7) is 4.00. The number of nitrogens with one attached hydrogen (secondary N) is 1. The first kappa shape index (κ1) is 16.8. The van der Waals surface area contributed by atoms with E-state index in [0.717, 1.165) is 27.4 Å². The highest BCUT2D eigenvalue weighted by Crippen LogP contribution is 2.29. The fourth-order valence-corrected chi connectivity index (χ4v) is 4.11. The fraction of sp³-hybridized carbons (Fsp3) is 0.167. The van der Waals surface area contributed by atoms with Crippen molar-refractivity contribution in [3.63, 3.8) is 0 Å². The van der Waals surface area contributed by atoms with Crippen molar-refractivity contribution in [1.29, 1.82) is 0 Å². The summed E-state index contributed by atoms with van der Waals surface area (Å²) < 4.78 is 4.64. The van der Waals surface area contributed by atoms with Gasteiger partial charge in [0.2, 0.25) is 0 Å². The normalized spacial score (nSPS) is 11.2. The summed E-state index contributed by atoms with van der Waals surface area (Å²) in [6, 6.07) is 9.49. The maximum atomic E-state index is 12.9. The minimum atomic E-state index is -0.245. The van der Waals surface area contributed by atoms with Crippen molar-refractivity contribution in [2.45, 2.75) is 13.8 Å². The molecule has 26 heavy (non-hydrogen) atoms. The van der Waals surface area contributed by atoms with Gasteiger partial charge in [-0.1, -0.05) is 22.9 Å². The monoisotopic (exact) mass is 385 g/mol. The first-order valence-electron chi connectivity index (χ1n) is 7.99. The molecule has 3 heterocycles. The van der Waals surface area contributed by atoms with Gasteiger partial charge in [-0.2, -0.15) is 5.10 Å². The molecule has 0 bridgehead atoms. The lowest BCUT2D eigenvalue weighted by Gasteiger charge is -2.12. The Balaban J connectivity index is 1.71. The van der Waals surface area contributed by atoms with Crippen LogP contribution in [0.15, 0.2) is 36.5 Å². The van der Waals surface area contributed by atoms with E-state index in [-0.39, 0.29) is 5.91 Å². The van der Waals surface area contributed by atoms with Crippen LogP contribution in [0.5, 0.6) is 0 Å². The Morgan fingerprint density at radius 2 is 1.92 bits per heavy atom. The van der Waals surface area contributed by atoms with Crippen LogP contribution >= 0.6 is 22.9 Å². The zero-order valence-electron chi connectivity index (χ0n) is 14.4. The Labute approximate surface area is 159 Å². The molecular weight excluding hydrogens is 370 g/mol. The van der Waals surface area contributed by atoms with Crippen LogP contribution in [0.4, 0.5) is 5.13 Å². The summed E-state index contributed by atoms with van der Waals surface area (Å²) in [6.07, 6.45) is 1.58. The van der Waals surface area contributed by atoms with Crippen molar-refractivity contribution in [3.8, 4) is 5.82 Å². The van der Waals surface area contributed by atoms with Gasteiger partial charge in [0, 0.05) is 23.5 Å². The van der Waals surface area contributed by atoms with Crippen molar-refractivity contribution in [1.82, 2.24) is 19.3 Å². The summed E-state index contributed by atoms with van der Waals surface area (Å²) in [5.74, 6) is 0.484. The Morgan fingerprint density at radius 3 is 2.65 bits per heavy atom. The zero-order valence-corrected chi connectivity index (χ0v) is 16.0. The molecule has 4 aromatic rings. The second-order valence-electron chi connectivity index (χ2n) is 6.04. The van der Waals surface area contributed by atoms with E-state index in [1.807, 2.05) is 49.7 Å². The number of anilines is 1. The van der Waals surface area contributed by atoms with E-state index >= 15 is 0 Å². The van der Waals surface area contributed by atoms with E-state index in [4.69, 9.17) is 11.6 Å². The molecular formula is C18H16ClN5OS. The third kappa shape index (κ3) is 2.79. The lowest BCUT2D eigenvalue weighted by molar-refractivity contribution is 0.102. The average Bonchev–Trinajstić information content (AvgIpc) is 3.25. The predicted octanol–water partition coefficient (Wildman–Crippen LogP) is 4.34. The molecule has 0 saturated carbocycles. The highest BCUT2D eigenvalue weighted by Gasteiger charge is 2.21. The Hall–Kier alpha value is -2.64. The summed E-state index contributed by atoms with van der Waals surface area (Å²) in [7, 11) is 1.82. The molecule has 8 heteroatoms. The highest BCUT2D eigenvalue weighted by molar-refractivity contribution is 7.22. The number of carbonyl (C=O) groups is 1. The number of fused-ring (bicyclic) bond motifs is 1. The second-order valence-corrected chi connectivity index (χ2v) is 7.51. The molecule has 0 aliphatic heterocycles. The Kier molecular flexibility index (Phi) is 4.05. The Bertz CT molecular complexity index is 1120. The molecule has 0 unspecified atom stereocenters. The topological polar surface area (TPSA) is 64.7 Å². The molecule has 132 valence electrons. The number of halogens is 1. The number of carbonyl (C=O) groups excluding carboxylic acids is 1. The molecule has 0 atom stereocenters. The van der Waals surface area contributed by atoms with Gasteiger partial charge in [-0.25, -0.2) is 4.98 Å². The SMILES string of the molecule is Cc1ccc(C)n1-c1c(C(=O)Nc2nc3ccc(Cl)cc3s2)cnn1C. The van der Waals surface area contributed by atoms with Gasteiger partial charge >= 0.3 is 0 Å². The molecule has 1 N–H and O–H groups in total. The molecule has 4 rings (SSSR count). The zero-order chi connectivity index (χ0) is 18.4. The van der Waals surface area contributed by atoms with Gasteiger partial charge in [-0.05, 0) is 44.2 Å². The lowest BCUT2D eigenvalue weighted by atomic mass is 10.3. The summed E-state index contributed by atoms with van der Waals surface area (Å²) in [4.78, 5) is 17.3. The number of rotatable bonds is 3. The van der Waals surface area contributed by atoms with Crippen LogP contribution in [0.25, 0.3) is 16.0 Å². The summed E-state index contributed by atoms with van der Waals surface area (Å²) >= 11 is 7.41. The number of hydrogen-bond donors (Lipinski definition) is 1. The van der Waals surface area contributed by atoms with Gasteiger partial charge < -0.3 is 4.57 Å². The number of nitrogens with zero attached hydrogens (tertiary/aromatic N) is 4. The van der Waals surface area contributed by atoms with E-state index in [2.05, 4.69) is 15.4 Å². The van der Waals surface area contributed by atoms with Crippen LogP contribution in [-0.4, -0.2) is 25.2 Å². The predicted molar refractivity (Wildman–Crippen MR) is 105 cm³/mol. The Morgan fingerprint density at radius 1 is 1.19 bits per heavy atom. The van der Waals surface area contributed by atoms with Gasteiger partial charge in [0.15, 0.2) is 5.13 Å². The van der Waals surface area contributed by atoms with Crippen LogP contribution < -0.4 is 5.32 Å². The molecule has 0 aliphatic carbocycles. The van der Waals surface area contributed by atoms with Crippen LogP contribution in [0, 0.1) is 13.8 Å². The molecule has 0 fully saturated rings. The molecule has 3 aromatic heterocycles. The molecule has 1 aromatic carbocycles. The molecule has 0 saturated heterocycles. The van der Waals surface area contributed by atoms with Gasteiger partial charge in [0.1, 0.15) is 11.4 Å². The maximum Gasteiger partial charge on any atom is 0.262 e. The average molecular weight is 386 g/mol. The van der Waals surface area contributed by atoms with Crippen LogP contribution in [0.3, 0.4) is 0 Å². The smallest absolute Gasteiger partial charge is 0.262 e. The van der Waals surface area contributed by atoms with Crippen molar-refractivity contribution >= 4 is 44.2 Å². The minimum absolute atomic E-state index is 0.245. The van der Waals surface area contributed by atoms with E-state index in [1.54, 1.807) is 16.9 Å². The lowest BCUT2D eigenvalue weighted by Crippen LogP contribution is -2.16. The fourth-order valence-electron chi connectivity index (χ4n) is 2.98. The second kappa shape index (κ2) is 6.26. The number of benzene rings is 1. The molecule has 6 nitrogen and oxygen atoms in total. The van der Waals surface area contributed by atoms with E-state index in [1.165, 1.54) is 11.3 Å². The molecule has 0 aliphatic rings. The van der Waals surface area contributed by atoms with Gasteiger partial charge in [0.05, 0.1) is 16.4 Å². The van der Waals surface area contributed by atoms with E-state index in [0.29, 0.717) is 15.7 Å². The largest absolute Gasteiger partial charge is 0.303 e. The van der Waals surface area contributed by atoms with Crippen LogP contribution in [0.2, 0.25) is 5.02 Å².